The third-order valence-electron chi connectivity index (χ3n) is 2.45. The third kappa shape index (κ3) is 1.90. The van der Waals surface area contributed by atoms with Crippen molar-refractivity contribution in [3.05, 3.63) is 45.9 Å². The zero-order valence-corrected chi connectivity index (χ0v) is 10.9. The van der Waals surface area contributed by atoms with Crippen LogP contribution in [0.15, 0.2) is 36.4 Å². The summed E-state index contributed by atoms with van der Waals surface area (Å²) in [5.74, 6) is 0. The second-order valence-corrected chi connectivity index (χ2v) is 5.56. The van der Waals surface area contributed by atoms with E-state index >= 15 is 0 Å². The van der Waals surface area contributed by atoms with Gasteiger partial charge in [0.05, 0.1) is 9.21 Å². The third-order valence-corrected chi connectivity index (χ3v) is 3.97. The fourth-order valence-electron chi connectivity index (χ4n) is 1.69. The Morgan fingerprint density at radius 3 is 2.35 bits per heavy atom. The number of aromatic nitrogens is 2. The number of hydrogen-bond acceptors (Lipinski definition) is 3. The van der Waals surface area contributed by atoms with E-state index in [4.69, 9.17) is 23.2 Å². The van der Waals surface area contributed by atoms with E-state index in [0.29, 0.717) is 5.15 Å². The molecule has 2 heterocycles. The Hall–Kier alpha value is -1.16. The van der Waals surface area contributed by atoms with Gasteiger partial charge in [-0.15, -0.1) is 21.5 Å². The second kappa shape index (κ2) is 4.26. The molecule has 0 saturated carbocycles. The Morgan fingerprint density at radius 2 is 1.65 bits per heavy atom. The first-order valence-corrected chi connectivity index (χ1v) is 6.49. The standard InChI is InChI=1S/C12H6Cl2N2S/c13-10-6-5-9(17-10)11-7-3-1-2-4-8(7)12(14)16-15-11/h1-6H. The van der Waals surface area contributed by atoms with Crippen LogP contribution in [0.3, 0.4) is 0 Å². The van der Waals surface area contributed by atoms with Gasteiger partial charge in [0.2, 0.25) is 0 Å². The van der Waals surface area contributed by atoms with Crippen LogP contribution in [0.25, 0.3) is 21.3 Å². The van der Waals surface area contributed by atoms with Crippen LogP contribution in [0.2, 0.25) is 9.49 Å². The maximum Gasteiger partial charge on any atom is 0.159 e. The van der Waals surface area contributed by atoms with Gasteiger partial charge in [0.1, 0.15) is 5.69 Å². The molecule has 2 aromatic heterocycles. The van der Waals surface area contributed by atoms with E-state index in [1.807, 2.05) is 36.4 Å². The monoisotopic (exact) mass is 280 g/mol. The molecule has 1 aromatic carbocycles. The lowest BCUT2D eigenvalue weighted by Gasteiger charge is -2.03. The Bertz CT molecular complexity index is 694. The molecule has 0 aliphatic rings. The van der Waals surface area contributed by atoms with Crippen molar-refractivity contribution in [1.29, 1.82) is 0 Å². The molecule has 0 atom stereocenters. The molecule has 0 N–H and O–H groups in total. The van der Waals surface area contributed by atoms with Gasteiger partial charge in [0.25, 0.3) is 0 Å². The fraction of sp³-hybridized carbons (Fsp3) is 0. The van der Waals surface area contributed by atoms with E-state index in [9.17, 15) is 0 Å². The van der Waals surface area contributed by atoms with E-state index < -0.39 is 0 Å². The van der Waals surface area contributed by atoms with Crippen LogP contribution < -0.4 is 0 Å². The van der Waals surface area contributed by atoms with Crippen molar-refractivity contribution < 1.29 is 0 Å². The number of hydrogen-bond donors (Lipinski definition) is 0. The van der Waals surface area contributed by atoms with Crippen molar-refractivity contribution in [3.8, 4) is 10.6 Å². The molecule has 17 heavy (non-hydrogen) atoms. The first-order valence-electron chi connectivity index (χ1n) is 4.92. The first kappa shape index (κ1) is 11.0. The van der Waals surface area contributed by atoms with Crippen LogP contribution >= 0.6 is 34.5 Å². The lowest BCUT2D eigenvalue weighted by molar-refractivity contribution is 1.06. The van der Waals surface area contributed by atoms with Crippen LogP contribution in [0.4, 0.5) is 0 Å². The normalized spacial score (nSPS) is 10.9. The summed E-state index contributed by atoms with van der Waals surface area (Å²) in [6.45, 7) is 0. The zero-order valence-electron chi connectivity index (χ0n) is 8.52. The maximum absolute atomic E-state index is 6.03. The predicted octanol–water partition coefficient (Wildman–Crippen LogP) is 4.67. The van der Waals surface area contributed by atoms with Gasteiger partial charge in [-0.2, -0.15) is 0 Å². The molecule has 5 heteroatoms. The number of thiophene rings is 1. The molecule has 0 aliphatic heterocycles. The summed E-state index contributed by atoms with van der Waals surface area (Å²) in [7, 11) is 0. The van der Waals surface area contributed by atoms with Crippen molar-refractivity contribution in [2.45, 2.75) is 0 Å². The molecule has 0 aliphatic carbocycles. The largest absolute Gasteiger partial charge is 0.159 e. The Labute approximate surface area is 112 Å². The summed E-state index contributed by atoms with van der Waals surface area (Å²) in [4.78, 5) is 0.996. The number of nitrogens with zero attached hydrogens (tertiary/aromatic N) is 2. The molecule has 0 spiro atoms. The molecule has 0 unspecified atom stereocenters. The van der Waals surface area contributed by atoms with Crippen molar-refractivity contribution >= 4 is 45.3 Å². The Kier molecular flexibility index (Phi) is 2.74. The topological polar surface area (TPSA) is 25.8 Å². The van der Waals surface area contributed by atoms with Crippen LogP contribution in [0.1, 0.15) is 0 Å². The van der Waals surface area contributed by atoms with Crippen molar-refractivity contribution in [3.63, 3.8) is 0 Å². The highest BCUT2D eigenvalue weighted by Crippen LogP contribution is 2.34. The summed E-state index contributed by atoms with van der Waals surface area (Å²) in [5.41, 5.74) is 0.821. The summed E-state index contributed by atoms with van der Waals surface area (Å²) in [6, 6.07) is 11.6. The maximum atomic E-state index is 6.03. The van der Waals surface area contributed by atoms with E-state index in [0.717, 1.165) is 25.7 Å². The quantitative estimate of drug-likeness (QED) is 0.648. The number of fused-ring (bicyclic) bond motifs is 1. The average Bonchev–Trinajstić information content (AvgIpc) is 2.77. The fourth-order valence-corrected chi connectivity index (χ4v) is 2.94. The lowest BCUT2D eigenvalue weighted by atomic mass is 10.1. The molecule has 0 radical (unpaired) electrons. The van der Waals surface area contributed by atoms with Gasteiger partial charge in [-0.05, 0) is 12.1 Å². The van der Waals surface area contributed by atoms with E-state index in [1.165, 1.54) is 11.3 Å². The molecule has 0 fully saturated rings. The number of rotatable bonds is 1. The van der Waals surface area contributed by atoms with Gasteiger partial charge in [-0.25, -0.2) is 0 Å². The minimum Gasteiger partial charge on any atom is -0.147 e. The molecule has 0 bridgehead atoms. The average molecular weight is 281 g/mol. The minimum atomic E-state index is 0.423. The highest BCUT2D eigenvalue weighted by atomic mass is 35.5. The van der Waals surface area contributed by atoms with Crippen LogP contribution in [-0.4, -0.2) is 10.2 Å². The summed E-state index contributed by atoms with van der Waals surface area (Å²) < 4.78 is 0.737. The zero-order chi connectivity index (χ0) is 11.8. The van der Waals surface area contributed by atoms with Gasteiger partial charge in [-0.1, -0.05) is 47.5 Å². The number of benzene rings is 1. The van der Waals surface area contributed by atoms with Crippen molar-refractivity contribution in [2.24, 2.45) is 0 Å². The highest BCUT2D eigenvalue weighted by molar-refractivity contribution is 7.19. The molecule has 0 saturated heterocycles. The first-order chi connectivity index (χ1) is 8.25. The van der Waals surface area contributed by atoms with Crippen LogP contribution in [0, 0.1) is 0 Å². The minimum absolute atomic E-state index is 0.423. The predicted molar refractivity (Wildman–Crippen MR) is 72.9 cm³/mol. The molecular formula is C12H6Cl2N2S. The van der Waals surface area contributed by atoms with Gasteiger partial charge < -0.3 is 0 Å². The molecule has 3 rings (SSSR count). The van der Waals surface area contributed by atoms with Crippen molar-refractivity contribution in [2.75, 3.05) is 0 Å². The van der Waals surface area contributed by atoms with E-state index in [2.05, 4.69) is 10.2 Å². The SMILES string of the molecule is Clc1ccc(-c2nnc(Cl)c3ccccc23)s1. The van der Waals surface area contributed by atoms with E-state index in [1.54, 1.807) is 0 Å². The van der Waals surface area contributed by atoms with E-state index in [-0.39, 0.29) is 0 Å². The van der Waals surface area contributed by atoms with Crippen LogP contribution in [-0.2, 0) is 0 Å². The van der Waals surface area contributed by atoms with Crippen molar-refractivity contribution in [1.82, 2.24) is 10.2 Å². The second-order valence-electron chi connectivity index (χ2n) is 3.49. The summed E-state index contributed by atoms with van der Waals surface area (Å²) in [5, 5.41) is 10.5. The summed E-state index contributed by atoms with van der Waals surface area (Å²) >= 11 is 13.4. The molecule has 0 amide bonds. The summed E-state index contributed by atoms with van der Waals surface area (Å²) in [6.07, 6.45) is 0. The van der Waals surface area contributed by atoms with Gasteiger partial charge in [0.15, 0.2) is 5.15 Å². The lowest BCUT2D eigenvalue weighted by Crippen LogP contribution is -1.89. The molecule has 3 aromatic rings. The Morgan fingerprint density at radius 1 is 0.882 bits per heavy atom. The molecular weight excluding hydrogens is 275 g/mol. The molecule has 2 nitrogen and oxygen atoms in total. The number of halogens is 2. The van der Waals surface area contributed by atoms with Gasteiger partial charge in [0, 0.05) is 10.8 Å². The molecule has 84 valence electrons. The van der Waals surface area contributed by atoms with Gasteiger partial charge in [-0.3, -0.25) is 0 Å². The Balaban J connectivity index is 2.34. The van der Waals surface area contributed by atoms with Crippen LogP contribution in [0.5, 0.6) is 0 Å². The smallest absolute Gasteiger partial charge is 0.147 e. The van der Waals surface area contributed by atoms with Gasteiger partial charge >= 0.3 is 0 Å². The highest BCUT2D eigenvalue weighted by Gasteiger charge is 2.10.